The molecule has 18 heavy (non-hydrogen) atoms. The lowest BCUT2D eigenvalue weighted by Gasteiger charge is -2.10. The van der Waals surface area contributed by atoms with Gasteiger partial charge in [-0.15, -0.1) is 0 Å². The van der Waals surface area contributed by atoms with Crippen LogP contribution >= 0.6 is 0 Å². The number of phenols is 1. The second-order valence-electron chi connectivity index (χ2n) is 4.45. The van der Waals surface area contributed by atoms with E-state index in [1.807, 2.05) is 13.8 Å². The van der Waals surface area contributed by atoms with Gasteiger partial charge >= 0.3 is 5.63 Å². The van der Waals surface area contributed by atoms with Crippen LogP contribution in [-0.2, 0) is 0 Å². The van der Waals surface area contributed by atoms with Crippen molar-refractivity contribution >= 4 is 11.0 Å². The Bertz CT molecular complexity index is 627. The Hall–Kier alpha value is -2.17. The van der Waals surface area contributed by atoms with Crippen molar-refractivity contribution in [1.29, 1.82) is 0 Å². The lowest BCUT2D eigenvalue weighted by atomic mass is 10.2. The van der Waals surface area contributed by atoms with Crippen molar-refractivity contribution in [3.05, 3.63) is 28.6 Å². The molecule has 0 amide bonds. The van der Waals surface area contributed by atoms with E-state index in [-0.39, 0.29) is 28.7 Å². The van der Waals surface area contributed by atoms with Crippen LogP contribution in [0, 0.1) is 5.92 Å². The first-order chi connectivity index (χ1) is 8.49. The maximum absolute atomic E-state index is 11.6. The molecule has 0 fully saturated rings. The van der Waals surface area contributed by atoms with Crippen molar-refractivity contribution < 1.29 is 19.4 Å². The Kier molecular flexibility index (Phi) is 3.14. The van der Waals surface area contributed by atoms with Crippen LogP contribution in [0.25, 0.3) is 11.0 Å². The van der Waals surface area contributed by atoms with E-state index in [1.165, 1.54) is 18.2 Å². The number of fused-ring (bicyclic) bond motifs is 1. The normalized spacial score (nSPS) is 11.1. The van der Waals surface area contributed by atoms with Crippen LogP contribution in [0.15, 0.2) is 27.4 Å². The highest BCUT2D eigenvalue weighted by Crippen LogP contribution is 2.32. The molecule has 0 saturated heterocycles. The van der Waals surface area contributed by atoms with Crippen LogP contribution in [0.2, 0.25) is 0 Å². The molecule has 2 aromatic rings. The highest BCUT2D eigenvalue weighted by Gasteiger charge is 2.16. The fourth-order valence-electron chi connectivity index (χ4n) is 1.53. The van der Waals surface area contributed by atoms with Gasteiger partial charge in [-0.05, 0) is 18.1 Å². The predicted molar refractivity (Wildman–Crippen MR) is 66.1 cm³/mol. The minimum atomic E-state index is -0.758. The molecule has 0 aliphatic carbocycles. The Morgan fingerprint density at radius 3 is 2.72 bits per heavy atom. The summed E-state index contributed by atoms with van der Waals surface area (Å²) in [5.41, 5.74) is -0.638. The van der Waals surface area contributed by atoms with Crippen LogP contribution in [0.3, 0.4) is 0 Å². The van der Waals surface area contributed by atoms with Crippen molar-refractivity contribution in [2.24, 2.45) is 5.92 Å². The smallest absolute Gasteiger partial charge is 0.383 e. The van der Waals surface area contributed by atoms with E-state index in [1.54, 1.807) is 0 Å². The summed E-state index contributed by atoms with van der Waals surface area (Å²) in [5, 5.41) is 19.6. The third-order valence-corrected chi connectivity index (χ3v) is 2.38. The molecular formula is C13H14O5. The molecule has 96 valence electrons. The number of ether oxygens (including phenoxy) is 1. The molecular weight excluding hydrogens is 236 g/mol. The van der Waals surface area contributed by atoms with Gasteiger partial charge in [0.25, 0.3) is 0 Å². The summed E-state index contributed by atoms with van der Waals surface area (Å²) >= 11 is 0. The topological polar surface area (TPSA) is 79.9 Å². The Morgan fingerprint density at radius 2 is 2.06 bits per heavy atom. The van der Waals surface area contributed by atoms with Gasteiger partial charge in [-0.1, -0.05) is 13.8 Å². The van der Waals surface area contributed by atoms with E-state index in [0.29, 0.717) is 12.0 Å². The fourth-order valence-corrected chi connectivity index (χ4v) is 1.53. The summed E-state index contributed by atoms with van der Waals surface area (Å²) in [6.07, 6.45) is 0. The molecule has 1 aromatic carbocycles. The van der Waals surface area contributed by atoms with Crippen molar-refractivity contribution in [1.82, 2.24) is 0 Å². The highest BCUT2D eigenvalue weighted by atomic mass is 16.5. The lowest BCUT2D eigenvalue weighted by molar-refractivity contribution is 0.248. The van der Waals surface area contributed by atoms with Gasteiger partial charge in [-0.25, -0.2) is 4.79 Å². The maximum atomic E-state index is 11.6. The van der Waals surface area contributed by atoms with Gasteiger partial charge in [0.05, 0.1) is 12.0 Å². The monoisotopic (exact) mass is 250 g/mol. The average molecular weight is 250 g/mol. The Balaban J connectivity index is 2.55. The second kappa shape index (κ2) is 4.60. The standard InChI is InChI=1S/C13H14O5/c1-7(2)6-17-12-11(15)9-4-3-8(14)5-10(9)18-13(12)16/h3-5,7,14-15H,6H2,1-2H3. The van der Waals surface area contributed by atoms with E-state index >= 15 is 0 Å². The number of hydrogen-bond acceptors (Lipinski definition) is 5. The first kappa shape index (κ1) is 12.3. The number of benzene rings is 1. The molecule has 0 radical (unpaired) electrons. The van der Waals surface area contributed by atoms with Crippen molar-refractivity contribution in [2.45, 2.75) is 13.8 Å². The molecule has 0 aliphatic heterocycles. The molecule has 2 N–H and O–H groups in total. The summed E-state index contributed by atoms with van der Waals surface area (Å²) in [6.45, 7) is 4.16. The molecule has 5 nitrogen and oxygen atoms in total. The molecule has 2 rings (SSSR count). The minimum Gasteiger partial charge on any atom is -0.508 e. The zero-order valence-electron chi connectivity index (χ0n) is 10.1. The highest BCUT2D eigenvalue weighted by molar-refractivity contribution is 5.86. The number of phenolic OH excluding ortho intramolecular Hbond substituents is 1. The minimum absolute atomic E-state index is 0.0408. The molecule has 1 aromatic heterocycles. The van der Waals surface area contributed by atoms with Gasteiger partial charge in [0.2, 0.25) is 5.75 Å². The van der Waals surface area contributed by atoms with Crippen LogP contribution in [0.4, 0.5) is 0 Å². The van der Waals surface area contributed by atoms with Crippen LogP contribution < -0.4 is 10.4 Å². The third kappa shape index (κ3) is 2.25. The van der Waals surface area contributed by atoms with E-state index in [4.69, 9.17) is 9.15 Å². The van der Waals surface area contributed by atoms with Crippen LogP contribution in [-0.4, -0.2) is 16.8 Å². The summed E-state index contributed by atoms with van der Waals surface area (Å²) in [5.74, 6) is -0.274. The quantitative estimate of drug-likeness (QED) is 0.816. The van der Waals surface area contributed by atoms with E-state index < -0.39 is 5.63 Å². The van der Waals surface area contributed by atoms with Gasteiger partial charge in [0, 0.05) is 6.07 Å². The zero-order chi connectivity index (χ0) is 13.3. The molecule has 0 aliphatic rings. The van der Waals surface area contributed by atoms with Crippen molar-refractivity contribution in [2.75, 3.05) is 6.61 Å². The second-order valence-corrected chi connectivity index (χ2v) is 4.45. The Morgan fingerprint density at radius 1 is 1.33 bits per heavy atom. The molecule has 1 heterocycles. The maximum Gasteiger partial charge on any atom is 0.383 e. The summed E-state index contributed by atoms with van der Waals surface area (Å²) in [4.78, 5) is 11.6. The number of rotatable bonds is 3. The Labute approximate surface area is 103 Å². The van der Waals surface area contributed by atoms with Gasteiger partial charge in [0.15, 0.2) is 5.75 Å². The van der Waals surface area contributed by atoms with Gasteiger partial charge < -0.3 is 19.4 Å². The average Bonchev–Trinajstić information content (AvgIpc) is 2.27. The SMILES string of the molecule is CC(C)COc1c(O)c2ccc(O)cc2oc1=O. The fraction of sp³-hybridized carbons (Fsp3) is 0.308. The van der Waals surface area contributed by atoms with Gasteiger partial charge in [-0.2, -0.15) is 0 Å². The number of aromatic hydroxyl groups is 2. The molecule has 5 heteroatoms. The van der Waals surface area contributed by atoms with Gasteiger partial charge in [-0.3, -0.25) is 0 Å². The van der Waals surface area contributed by atoms with Crippen molar-refractivity contribution in [3.8, 4) is 17.2 Å². The van der Waals surface area contributed by atoms with Crippen molar-refractivity contribution in [3.63, 3.8) is 0 Å². The lowest BCUT2D eigenvalue weighted by Crippen LogP contribution is -2.11. The first-order valence-corrected chi connectivity index (χ1v) is 5.60. The van der Waals surface area contributed by atoms with E-state index in [9.17, 15) is 15.0 Å². The summed E-state index contributed by atoms with van der Waals surface area (Å²) in [6, 6.07) is 4.13. The molecule has 0 spiro atoms. The van der Waals surface area contributed by atoms with E-state index in [2.05, 4.69) is 0 Å². The van der Waals surface area contributed by atoms with Gasteiger partial charge in [0.1, 0.15) is 11.3 Å². The largest absolute Gasteiger partial charge is 0.508 e. The molecule has 0 saturated carbocycles. The predicted octanol–water partition coefficient (Wildman–Crippen LogP) is 2.24. The third-order valence-electron chi connectivity index (χ3n) is 2.38. The van der Waals surface area contributed by atoms with Crippen LogP contribution in [0.5, 0.6) is 17.2 Å². The molecule has 0 unspecified atom stereocenters. The molecule has 0 atom stereocenters. The zero-order valence-corrected chi connectivity index (χ0v) is 10.1. The van der Waals surface area contributed by atoms with E-state index in [0.717, 1.165) is 0 Å². The number of hydrogen-bond donors (Lipinski definition) is 2. The molecule has 0 bridgehead atoms. The summed E-state index contributed by atoms with van der Waals surface area (Å²) < 4.78 is 10.2. The van der Waals surface area contributed by atoms with Crippen LogP contribution in [0.1, 0.15) is 13.8 Å². The summed E-state index contributed by atoms with van der Waals surface area (Å²) in [7, 11) is 0. The first-order valence-electron chi connectivity index (χ1n) is 5.60.